The second kappa shape index (κ2) is 6.87. The number of ether oxygens (including phenoxy) is 1. The molecule has 8 heteroatoms. The molecule has 0 saturated carbocycles. The molecule has 0 aliphatic carbocycles. The van der Waals surface area contributed by atoms with E-state index in [0.717, 1.165) is 24.3 Å². The topological polar surface area (TPSA) is 38.3 Å². The number of hydrogen-bond acceptors (Lipinski definition) is 2. The molecule has 0 aliphatic rings. The number of carbonyl (C=O) groups is 1. The Labute approximate surface area is 133 Å². The van der Waals surface area contributed by atoms with Crippen molar-refractivity contribution in [2.75, 3.05) is 11.9 Å². The Hall–Kier alpha value is -2.28. The molecule has 2 aromatic carbocycles. The van der Waals surface area contributed by atoms with Crippen LogP contribution >= 0.6 is 11.6 Å². The van der Waals surface area contributed by atoms with Crippen LogP contribution in [-0.2, 0) is 11.0 Å². The van der Waals surface area contributed by atoms with E-state index in [1.807, 2.05) is 0 Å². The van der Waals surface area contributed by atoms with Gasteiger partial charge in [-0.3, -0.25) is 4.79 Å². The highest BCUT2D eigenvalue weighted by Gasteiger charge is 2.34. The molecule has 0 fully saturated rings. The maximum absolute atomic E-state index is 12.9. The lowest BCUT2D eigenvalue weighted by Gasteiger charge is -2.14. The van der Waals surface area contributed by atoms with Crippen LogP contribution in [0.5, 0.6) is 5.75 Å². The summed E-state index contributed by atoms with van der Waals surface area (Å²) in [5.74, 6) is -1.05. The minimum Gasteiger partial charge on any atom is -0.484 e. The minimum absolute atomic E-state index is 0.0992. The Morgan fingerprint density at radius 2 is 1.78 bits per heavy atom. The number of nitrogens with one attached hydrogen (secondary N) is 1. The van der Waals surface area contributed by atoms with Crippen molar-refractivity contribution in [1.29, 1.82) is 0 Å². The standard InChI is InChI=1S/C15H10ClF4NO2/c16-9-1-6-13(12(7-9)15(18,19)20)21-14(22)8-23-11-4-2-10(17)3-5-11/h1-7H,8H2,(H,21,22). The SMILES string of the molecule is O=C(COc1ccc(F)cc1)Nc1ccc(Cl)cc1C(F)(F)F. The third kappa shape index (κ3) is 4.85. The highest BCUT2D eigenvalue weighted by molar-refractivity contribution is 6.30. The molecule has 0 aliphatic heterocycles. The van der Waals surface area contributed by atoms with E-state index in [2.05, 4.69) is 5.32 Å². The monoisotopic (exact) mass is 347 g/mol. The number of anilines is 1. The molecule has 1 N–H and O–H groups in total. The molecule has 0 bridgehead atoms. The number of halogens is 5. The van der Waals surface area contributed by atoms with E-state index in [0.29, 0.717) is 0 Å². The third-order valence-electron chi connectivity index (χ3n) is 2.74. The zero-order valence-electron chi connectivity index (χ0n) is 11.5. The largest absolute Gasteiger partial charge is 0.484 e. The summed E-state index contributed by atoms with van der Waals surface area (Å²) in [5.41, 5.74) is -1.48. The van der Waals surface area contributed by atoms with Crippen LogP contribution in [0.3, 0.4) is 0 Å². The van der Waals surface area contributed by atoms with Crippen molar-refractivity contribution in [2.45, 2.75) is 6.18 Å². The number of alkyl halides is 3. The molecule has 0 atom stereocenters. The summed E-state index contributed by atoms with van der Waals surface area (Å²) < 4.78 is 56.4. The molecule has 0 heterocycles. The van der Waals surface area contributed by atoms with Crippen molar-refractivity contribution >= 4 is 23.2 Å². The van der Waals surface area contributed by atoms with Crippen molar-refractivity contribution < 1.29 is 27.1 Å². The van der Waals surface area contributed by atoms with Crippen molar-refractivity contribution in [3.8, 4) is 5.75 Å². The maximum atomic E-state index is 12.9. The predicted octanol–water partition coefficient (Wildman–Crippen LogP) is 4.52. The summed E-state index contributed by atoms with van der Waals surface area (Å²) in [5, 5.41) is 2.01. The van der Waals surface area contributed by atoms with Crippen LogP contribution in [0.4, 0.5) is 23.2 Å². The normalized spacial score (nSPS) is 11.2. The van der Waals surface area contributed by atoms with Crippen LogP contribution in [0.2, 0.25) is 5.02 Å². The van der Waals surface area contributed by atoms with Gasteiger partial charge in [-0.25, -0.2) is 4.39 Å². The summed E-state index contributed by atoms with van der Waals surface area (Å²) in [6.07, 6.45) is -4.66. The first-order valence-electron chi connectivity index (χ1n) is 6.30. The Kier molecular flexibility index (Phi) is 5.10. The van der Waals surface area contributed by atoms with E-state index in [9.17, 15) is 22.4 Å². The fraction of sp³-hybridized carbons (Fsp3) is 0.133. The number of amides is 1. The number of carbonyl (C=O) groups excluding carboxylic acids is 1. The first-order valence-corrected chi connectivity index (χ1v) is 6.68. The van der Waals surface area contributed by atoms with Crippen LogP contribution in [0.25, 0.3) is 0 Å². The van der Waals surface area contributed by atoms with Gasteiger partial charge in [-0.1, -0.05) is 11.6 Å². The lowest BCUT2D eigenvalue weighted by atomic mass is 10.1. The van der Waals surface area contributed by atoms with Crippen LogP contribution in [0.1, 0.15) is 5.56 Å². The fourth-order valence-electron chi connectivity index (χ4n) is 1.73. The molecule has 0 saturated heterocycles. The summed E-state index contributed by atoms with van der Waals surface area (Å²) in [7, 11) is 0. The Morgan fingerprint density at radius 1 is 1.13 bits per heavy atom. The van der Waals surface area contributed by atoms with Gasteiger partial charge in [0.05, 0.1) is 11.3 Å². The van der Waals surface area contributed by atoms with Gasteiger partial charge in [0.15, 0.2) is 6.61 Å². The van der Waals surface area contributed by atoms with Crippen LogP contribution in [-0.4, -0.2) is 12.5 Å². The number of rotatable bonds is 4. The van der Waals surface area contributed by atoms with Crippen LogP contribution in [0.15, 0.2) is 42.5 Å². The smallest absolute Gasteiger partial charge is 0.418 e. The molecule has 23 heavy (non-hydrogen) atoms. The van der Waals surface area contributed by atoms with Crippen molar-refractivity contribution in [3.63, 3.8) is 0 Å². The van der Waals surface area contributed by atoms with Gasteiger partial charge < -0.3 is 10.1 Å². The van der Waals surface area contributed by atoms with Gasteiger partial charge >= 0.3 is 6.18 Å². The van der Waals surface area contributed by atoms with Crippen molar-refractivity contribution in [1.82, 2.24) is 0 Å². The second-order valence-electron chi connectivity index (χ2n) is 4.48. The molecule has 122 valence electrons. The highest BCUT2D eigenvalue weighted by atomic mass is 35.5. The van der Waals surface area contributed by atoms with E-state index >= 15 is 0 Å². The van der Waals surface area contributed by atoms with Crippen LogP contribution in [0, 0.1) is 5.82 Å². The molecule has 0 unspecified atom stereocenters. The number of hydrogen-bond donors (Lipinski definition) is 1. The summed E-state index contributed by atoms with van der Waals surface area (Å²) in [6.45, 7) is -0.522. The number of benzene rings is 2. The molecule has 0 spiro atoms. The van der Waals surface area contributed by atoms with Gasteiger partial charge in [0.25, 0.3) is 5.91 Å². The quantitative estimate of drug-likeness (QED) is 0.826. The summed E-state index contributed by atoms with van der Waals surface area (Å²) in [4.78, 5) is 11.7. The van der Waals surface area contributed by atoms with Crippen molar-refractivity contribution in [3.05, 3.63) is 58.9 Å². The molecule has 0 aromatic heterocycles. The average Bonchev–Trinajstić information content (AvgIpc) is 2.47. The van der Waals surface area contributed by atoms with Gasteiger partial charge in [0.2, 0.25) is 0 Å². The first-order chi connectivity index (χ1) is 10.8. The fourth-order valence-corrected chi connectivity index (χ4v) is 1.90. The van der Waals surface area contributed by atoms with E-state index in [4.69, 9.17) is 16.3 Å². The summed E-state index contributed by atoms with van der Waals surface area (Å²) >= 11 is 5.55. The highest BCUT2D eigenvalue weighted by Crippen LogP contribution is 2.36. The molecule has 3 nitrogen and oxygen atoms in total. The molecular weight excluding hydrogens is 338 g/mol. The predicted molar refractivity (Wildman–Crippen MR) is 77.0 cm³/mol. The lowest BCUT2D eigenvalue weighted by Crippen LogP contribution is -2.22. The van der Waals surface area contributed by atoms with Gasteiger partial charge in [-0.15, -0.1) is 0 Å². The molecule has 0 radical (unpaired) electrons. The second-order valence-corrected chi connectivity index (χ2v) is 4.91. The Bertz CT molecular complexity index is 702. The summed E-state index contributed by atoms with van der Waals surface area (Å²) in [6, 6.07) is 7.87. The molecular formula is C15H10ClF4NO2. The first kappa shape index (κ1) is 17.1. The zero-order chi connectivity index (χ0) is 17.0. The van der Waals surface area contributed by atoms with Gasteiger partial charge in [-0.05, 0) is 42.5 Å². The average molecular weight is 348 g/mol. The maximum Gasteiger partial charge on any atom is 0.418 e. The van der Waals surface area contributed by atoms with Gasteiger partial charge in [0, 0.05) is 5.02 Å². The zero-order valence-corrected chi connectivity index (χ0v) is 12.2. The lowest BCUT2D eigenvalue weighted by molar-refractivity contribution is -0.137. The molecule has 2 rings (SSSR count). The molecule has 2 aromatic rings. The van der Waals surface area contributed by atoms with Crippen LogP contribution < -0.4 is 10.1 Å². The molecule has 1 amide bonds. The minimum atomic E-state index is -4.66. The van der Waals surface area contributed by atoms with Gasteiger partial charge in [0.1, 0.15) is 11.6 Å². The van der Waals surface area contributed by atoms with E-state index in [1.165, 1.54) is 18.2 Å². The Morgan fingerprint density at radius 3 is 2.39 bits per heavy atom. The van der Waals surface area contributed by atoms with Gasteiger partial charge in [-0.2, -0.15) is 13.2 Å². The van der Waals surface area contributed by atoms with Crippen molar-refractivity contribution in [2.24, 2.45) is 0 Å². The third-order valence-corrected chi connectivity index (χ3v) is 2.98. The Balaban J connectivity index is 2.04. The van der Waals surface area contributed by atoms with E-state index in [1.54, 1.807) is 0 Å². The van der Waals surface area contributed by atoms with E-state index < -0.39 is 35.8 Å². The van der Waals surface area contributed by atoms with E-state index in [-0.39, 0.29) is 10.8 Å².